The summed E-state index contributed by atoms with van der Waals surface area (Å²) in [6, 6.07) is 1.87. The standard InChI is InChI=1S/C18H24N6O2/c1-11-9-15(26-22-11)14-10-20-18(19-7-6-8-24(4)5)21-17(14)16-12(2)23-25-13(16)3/h9-10H,6-8H2,1-5H3,(H,19,20,21). The zero-order valence-electron chi connectivity index (χ0n) is 15.8. The van der Waals surface area contributed by atoms with Gasteiger partial charge in [0.25, 0.3) is 0 Å². The fraction of sp³-hybridized carbons (Fsp3) is 0.444. The second-order valence-corrected chi connectivity index (χ2v) is 6.57. The van der Waals surface area contributed by atoms with E-state index >= 15 is 0 Å². The fourth-order valence-corrected chi connectivity index (χ4v) is 2.74. The maximum atomic E-state index is 5.43. The summed E-state index contributed by atoms with van der Waals surface area (Å²) in [5.74, 6) is 1.90. The van der Waals surface area contributed by atoms with Crippen LogP contribution in [0.5, 0.6) is 0 Å². The van der Waals surface area contributed by atoms with Crippen LogP contribution in [0.4, 0.5) is 5.95 Å². The smallest absolute Gasteiger partial charge is 0.223 e. The molecule has 3 heterocycles. The lowest BCUT2D eigenvalue weighted by Crippen LogP contribution is -2.17. The van der Waals surface area contributed by atoms with E-state index in [2.05, 4.69) is 39.6 Å². The number of nitrogens with one attached hydrogen (secondary N) is 1. The lowest BCUT2D eigenvalue weighted by Gasteiger charge is -2.11. The van der Waals surface area contributed by atoms with Gasteiger partial charge in [0.05, 0.1) is 28.2 Å². The number of nitrogens with zero attached hydrogens (tertiary/aromatic N) is 5. The van der Waals surface area contributed by atoms with Gasteiger partial charge < -0.3 is 19.3 Å². The summed E-state index contributed by atoms with van der Waals surface area (Å²) in [7, 11) is 4.11. The van der Waals surface area contributed by atoms with Gasteiger partial charge in [-0.1, -0.05) is 10.3 Å². The molecule has 0 saturated carbocycles. The SMILES string of the molecule is Cc1cc(-c2cnc(NCCCN(C)C)nc2-c2c(C)noc2C)on1. The van der Waals surface area contributed by atoms with Crippen molar-refractivity contribution < 1.29 is 9.05 Å². The first-order valence-corrected chi connectivity index (χ1v) is 8.58. The third-order valence-electron chi connectivity index (χ3n) is 4.02. The molecule has 138 valence electrons. The summed E-state index contributed by atoms with van der Waals surface area (Å²) in [4.78, 5) is 11.3. The van der Waals surface area contributed by atoms with Crippen molar-refractivity contribution in [2.24, 2.45) is 0 Å². The van der Waals surface area contributed by atoms with Gasteiger partial charge in [-0.05, 0) is 47.8 Å². The van der Waals surface area contributed by atoms with Gasteiger partial charge in [0, 0.05) is 18.8 Å². The molecular weight excluding hydrogens is 332 g/mol. The zero-order valence-corrected chi connectivity index (χ0v) is 15.8. The number of aromatic nitrogens is 4. The lowest BCUT2D eigenvalue weighted by atomic mass is 10.0. The predicted octanol–water partition coefficient (Wildman–Crippen LogP) is 3.08. The van der Waals surface area contributed by atoms with Crippen molar-refractivity contribution in [3.05, 3.63) is 29.4 Å². The van der Waals surface area contributed by atoms with E-state index in [-0.39, 0.29) is 0 Å². The number of hydrogen-bond acceptors (Lipinski definition) is 8. The van der Waals surface area contributed by atoms with Crippen LogP contribution in [-0.4, -0.2) is 52.4 Å². The predicted molar refractivity (Wildman–Crippen MR) is 98.9 cm³/mol. The van der Waals surface area contributed by atoms with E-state index in [1.807, 2.05) is 26.8 Å². The Kier molecular flexibility index (Phi) is 5.32. The average Bonchev–Trinajstić information content (AvgIpc) is 3.17. The molecule has 0 spiro atoms. The summed E-state index contributed by atoms with van der Waals surface area (Å²) >= 11 is 0. The van der Waals surface area contributed by atoms with Crippen LogP contribution < -0.4 is 5.32 Å². The monoisotopic (exact) mass is 356 g/mol. The zero-order chi connectivity index (χ0) is 18.7. The highest BCUT2D eigenvalue weighted by Gasteiger charge is 2.21. The highest BCUT2D eigenvalue weighted by Crippen LogP contribution is 2.34. The van der Waals surface area contributed by atoms with Crippen molar-refractivity contribution in [2.45, 2.75) is 27.2 Å². The molecule has 26 heavy (non-hydrogen) atoms. The molecule has 0 aromatic carbocycles. The van der Waals surface area contributed by atoms with Crippen LogP contribution in [-0.2, 0) is 0 Å². The molecule has 3 rings (SSSR count). The number of anilines is 1. The van der Waals surface area contributed by atoms with E-state index in [4.69, 9.17) is 14.0 Å². The first-order chi connectivity index (χ1) is 12.5. The third kappa shape index (κ3) is 3.91. The minimum Gasteiger partial charge on any atom is -0.361 e. The van der Waals surface area contributed by atoms with Gasteiger partial charge in [-0.25, -0.2) is 9.97 Å². The molecule has 0 radical (unpaired) electrons. The Morgan fingerprint density at radius 2 is 1.92 bits per heavy atom. The van der Waals surface area contributed by atoms with Crippen molar-refractivity contribution in [3.8, 4) is 22.6 Å². The molecule has 3 aromatic heterocycles. The van der Waals surface area contributed by atoms with E-state index in [1.54, 1.807) is 6.20 Å². The molecule has 0 bridgehead atoms. The van der Waals surface area contributed by atoms with E-state index in [9.17, 15) is 0 Å². The van der Waals surface area contributed by atoms with Gasteiger partial charge in [0.15, 0.2) is 5.76 Å². The van der Waals surface area contributed by atoms with Crippen LogP contribution in [0, 0.1) is 20.8 Å². The summed E-state index contributed by atoms with van der Waals surface area (Å²) in [5, 5.41) is 11.3. The summed E-state index contributed by atoms with van der Waals surface area (Å²) in [6.07, 6.45) is 2.75. The van der Waals surface area contributed by atoms with Gasteiger partial charge in [-0.15, -0.1) is 0 Å². The Morgan fingerprint density at radius 1 is 1.12 bits per heavy atom. The minimum absolute atomic E-state index is 0.568. The molecule has 0 aliphatic heterocycles. The highest BCUT2D eigenvalue weighted by atomic mass is 16.5. The van der Waals surface area contributed by atoms with Crippen molar-refractivity contribution in [1.29, 1.82) is 0 Å². The Balaban J connectivity index is 1.95. The van der Waals surface area contributed by atoms with Crippen LogP contribution in [0.25, 0.3) is 22.6 Å². The van der Waals surface area contributed by atoms with Gasteiger partial charge in [0.2, 0.25) is 5.95 Å². The van der Waals surface area contributed by atoms with Crippen molar-refractivity contribution in [3.63, 3.8) is 0 Å². The normalized spacial score (nSPS) is 11.3. The Bertz CT molecular complexity index is 864. The van der Waals surface area contributed by atoms with Gasteiger partial charge >= 0.3 is 0 Å². The van der Waals surface area contributed by atoms with E-state index in [0.29, 0.717) is 17.5 Å². The molecule has 0 unspecified atom stereocenters. The highest BCUT2D eigenvalue weighted by molar-refractivity contribution is 5.80. The van der Waals surface area contributed by atoms with Crippen LogP contribution >= 0.6 is 0 Å². The third-order valence-corrected chi connectivity index (χ3v) is 4.02. The molecule has 8 heteroatoms. The molecular formula is C18H24N6O2. The quantitative estimate of drug-likeness (QED) is 0.646. The molecule has 3 aromatic rings. The maximum Gasteiger partial charge on any atom is 0.223 e. The second kappa shape index (κ2) is 7.65. The summed E-state index contributed by atoms with van der Waals surface area (Å²) in [5.41, 5.74) is 3.92. The summed E-state index contributed by atoms with van der Waals surface area (Å²) in [6.45, 7) is 7.44. The second-order valence-electron chi connectivity index (χ2n) is 6.57. The average molecular weight is 356 g/mol. The molecule has 0 saturated heterocycles. The van der Waals surface area contributed by atoms with Crippen LogP contribution in [0.1, 0.15) is 23.6 Å². The van der Waals surface area contributed by atoms with Gasteiger partial charge in [-0.3, -0.25) is 0 Å². The largest absolute Gasteiger partial charge is 0.361 e. The minimum atomic E-state index is 0.568. The van der Waals surface area contributed by atoms with Gasteiger partial charge in [-0.2, -0.15) is 0 Å². The Morgan fingerprint density at radius 3 is 2.54 bits per heavy atom. The first kappa shape index (κ1) is 18.1. The first-order valence-electron chi connectivity index (χ1n) is 8.58. The fourth-order valence-electron chi connectivity index (χ4n) is 2.74. The van der Waals surface area contributed by atoms with E-state index < -0.39 is 0 Å². The topological polar surface area (TPSA) is 93.1 Å². The molecule has 1 N–H and O–H groups in total. The Hall–Kier alpha value is -2.74. The number of rotatable bonds is 7. The van der Waals surface area contributed by atoms with Crippen LogP contribution in [0.15, 0.2) is 21.3 Å². The van der Waals surface area contributed by atoms with Crippen molar-refractivity contribution >= 4 is 5.95 Å². The molecule has 0 atom stereocenters. The van der Waals surface area contributed by atoms with Crippen molar-refractivity contribution in [1.82, 2.24) is 25.2 Å². The number of aryl methyl sites for hydroxylation is 3. The number of hydrogen-bond donors (Lipinski definition) is 1. The van der Waals surface area contributed by atoms with Gasteiger partial charge in [0.1, 0.15) is 5.76 Å². The Labute approximate surface area is 152 Å². The van der Waals surface area contributed by atoms with E-state index in [0.717, 1.165) is 47.7 Å². The maximum absolute atomic E-state index is 5.43. The summed E-state index contributed by atoms with van der Waals surface area (Å²) < 4.78 is 10.8. The van der Waals surface area contributed by atoms with Crippen LogP contribution in [0.3, 0.4) is 0 Å². The van der Waals surface area contributed by atoms with Crippen LogP contribution in [0.2, 0.25) is 0 Å². The molecule has 0 amide bonds. The lowest BCUT2D eigenvalue weighted by molar-refractivity contribution is 0.393. The van der Waals surface area contributed by atoms with E-state index in [1.165, 1.54) is 0 Å². The molecule has 0 aliphatic carbocycles. The van der Waals surface area contributed by atoms with Crippen molar-refractivity contribution in [2.75, 3.05) is 32.5 Å². The molecule has 0 fully saturated rings. The molecule has 8 nitrogen and oxygen atoms in total. The molecule has 0 aliphatic rings.